The SMILES string of the molecule is CCCCCCCCCCCCCCCCCC(O)C(CO)NC(=O)CCCCCCCCCCCCCCCCCCCCCCCCCCCCCCCCCOC(=O)CCCCCCCCCCCCC. The van der Waals surface area contributed by atoms with E-state index in [1.165, 1.54) is 327 Å². The van der Waals surface area contributed by atoms with Crippen LogP contribution in [0.1, 0.15) is 399 Å². The average molecular weight is 1050 g/mol. The zero-order chi connectivity index (χ0) is 53.6. The predicted octanol–water partition coefficient (Wildman–Crippen LogP) is 21.8. The van der Waals surface area contributed by atoms with Crippen molar-refractivity contribution in [2.24, 2.45) is 0 Å². The van der Waals surface area contributed by atoms with Crippen LogP contribution in [0.4, 0.5) is 0 Å². The summed E-state index contributed by atoms with van der Waals surface area (Å²) < 4.78 is 5.48. The van der Waals surface area contributed by atoms with Crippen molar-refractivity contribution in [1.82, 2.24) is 5.32 Å². The fraction of sp³-hybridized carbons (Fsp3) is 0.971. The standard InChI is InChI=1S/C68H135NO5/c1-3-5-7-9-11-13-15-16-34-37-41-44-48-52-56-60-66(71)65(64-70)69-67(72)61-57-53-49-45-42-38-35-32-30-28-26-24-22-20-18-17-19-21-23-25-27-29-31-33-36-39-43-47-51-55-59-63-74-68(73)62-58-54-50-46-40-14-12-10-8-6-4-2/h65-66,70-71H,3-64H2,1-2H3,(H,69,72). The van der Waals surface area contributed by atoms with Gasteiger partial charge in [0.2, 0.25) is 5.91 Å². The summed E-state index contributed by atoms with van der Waals surface area (Å²) in [4.78, 5) is 24.5. The van der Waals surface area contributed by atoms with Crippen LogP contribution in [0.25, 0.3) is 0 Å². The molecule has 1 amide bonds. The third-order valence-electron chi connectivity index (χ3n) is 16.4. The normalized spacial score (nSPS) is 12.4. The highest BCUT2D eigenvalue weighted by molar-refractivity contribution is 5.76. The van der Waals surface area contributed by atoms with Gasteiger partial charge in [-0.3, -0.25) is 9.59 Å². The lowest BCUT2D eigenvalue weighted by atomic mass is 10.0. The van der Waals surface area contributed by atoms with E-state index in [2.05, 4.69) is 19.2 Å². The van der Waals surface area contributed by atoms with E-state index >= 15 is 0 Å². The number of carbonyl (C=O) groups is 2. The van der Waals surface area contributed by atoms with Crippen LogP contribution in [-0.4, -0.2) is 47.4 Å². The Morgan fingerprint density at radius 2 is 0.554 bits per heavy atom. The Bertz CT molecular complexity index is 1070. The van der Waals surface area contributed by atoms with E-state index in [1.807, 2.05) is 0 Å². The van der Waals surface area contributed by atoms with E-state index in [9.17, 15) is 19.8 Å². The lowest BCUT2D eigenvalue weighted by Crippen LogP contribution is -2.45. The smallest absolute Gasteiger partial charge is 0.305 e. The second kappa shape index (κ2) is 64.4. The fourth-order valence-electron chi connectivity index (χ4n) is 11.2. The van der Waals surface area contributed by atoms with E-state index in [0.717, 1.165) is 38.5 Å². The van der Waals surface area contributed by atoms with Gasteiger partial charge in [0.25, 0.3) is 0 Å². The molecule has 0 heterocycles. The molecule has 0 aliphatic heterocycles. The van der Waals surface area contributed by atoms with E-state index in [1.54, 1.807) is 0 Å². The summed E-state index contributed by atoms with van der Waals surface area (Å²) >= 11 is 0. The molecule has 0 radical (unpaired) electrons. The molecule has 0 saturated heterocycles. The molecule has 6 heteroatoms. The molecule has 0 aliphatic rings. The van der Waals surface area contributed by atoms with Crippen molar-refractivity contribution in [2.75, 3.05) is 13.2 Å². The molecule has 2 atom stereocenters. The third-order valence-corrected chi connectivity index (χ3v) is 16.4. The van der Waals surface area contributed by atoms with Crippen LogP contribution in [0.3, 0.4) is 0 Å². The molecule has 0 spiro atoms. The van der Waals surface area contributed by atoms with Gasteiger partial charge in [0.05, 0.1) is 25.4 Å². The van der Waals surface area contributed by atoms with Gasteiger partial charge in [-0.25, -0.2) is 0 Å². The van der Waals surface area contributed by atoms with Crippen LogP contribution in [-0.2, 0) is 14.3 Å². The molecule has 0 fully saturated rings. The number of carbonyl (C=O) groups excluding carboxylic acids is 2. The molecule has 442 valence electrons. The molecule has 0 saturated carbocycles. The van der Waals surface area contributed by atoms with Crippen LogP contribution < -0.4 is 5.32 Å². The fourth-order valence-corrected chi connectivity index (χ4v) is 11.2. The van der Waals surface area contributed by atoms with Crippen LogP contribution in [0.15, 0.2) is 0 Å². The number of unbranched alkanes of at least 4 members (excludes halogenated alkanes) is 54. The highest BCUT2D eigenvalue weighted by atomic mass is 16.5. The molecule has 2 unspecified atom stereocenters. The maximum Gasteiger partial charge on any atom is 0.305 e. The summed E-state index contributed by atoms with van der Waals surface area (Å²) in [6.07, 6.45) is 77.2. The number of amides is 1. The average Bonchev–Trinajstić information content (AvgIpc) is 3.40. The maximum absolute atomic E-state index is 12.5. The molecule has 6 nitrogen and oxygen atoms in total. The minimum absolute atomic E-state index is 0.0213. The number of esters is 1. The number of hydrogen-bond acceptors (Lipinski definition) is 5. The second-order valence-electron chi connectivity index (χ2n) is 23.9. The first-order valence-corrected chi connectivity index (χ1v) is 34.3. The number of nitrogens with one attached hydrogen (secondary N) is 1. The van der Waals surface area contributed by atoms with Gasteiger partial charge in [0.1, 0.15) is 0 Å². The molecule has 0 aliphatic carbocycles. The lowest BCUT2D eigenvalue weighted by molar-refractivity contribution is -0.143. The topological polar surface area (TPSA) is 95.9 Å². The summed E-state index contributed by atoms with van der Waals surface area (Å²) in [6, 6.07) is -0.536. The summed E-state index contributed by atoms with van der Waals surface area (Å²) in [5, 5.41) is 23.3. The Hall–Kier alpha value is -1.14. The summed E-state index contributed by atoms with van der Waals surface area (Å²) in [6.45, 7) is 4.99. The van der Waals surface area contributed by atoms with Gasteiger partial charge in [-0.05, 0) is 25.7 Å². The van der Waals surface area contributed by atoms with Gasteiger partial charge in [-0.15, -0.1) is 0 Å². The van der Waals surface area contributed by atoms with Gasteiger partial charge >= 0.3 is 5.97 Å². The molecule has 0 rings (SSSR count). The Morgan fingerprint density at radius 3 is 0.824 bits per heavy atom. The van der Waals surface area contributed by atoms with Gasteiger partial charge in [-0.2, -0.15) is 0 Å². The molecule has 0 aromatic carbocycles. The van der Waals surface area contributed by atoms with Crippen LogP contribution in [0.2, 0.25) is 0 Å². The van der Waals surface area contributed by atoms with Crippen molar-refractivity contribution in [3.05, 3.63) is 0 Å². The highest BCUT2D eigenvalue weighted by Gasteiger charge is 2.20. The Morgan fingerprint density at radius 1 is 0.324 bits per heavy atom. The second-order valence-corrected chi connectivity index (χ2v) is 23.9. The molecular weight excluding hydrogens is 911 g/mol. The third kappa shape index (κ3) is 60.1. The zero-order valence-electron chi connectivity index (χ0n) is 50.6. The van der Waals surface area contributed by atoms with Crippen LogP contribution in [0.5, 0.6) is 0 Å². The molecule has 0 aromatic heterocycles. The van der Waals surface area contributed by atoms with Crippen molar-refractivity contribution in [2.45, 2.75) is 411 Å². The zero-order valence-corrected chi connectivity index (χ0v) is 50.6. The van der Waals surface area contributed by atoms with Gasteiger partial charge < -0.3 is 20.3 Å². The molecular formula is C68H135NO5. The largest absolute Gasteiger partial charge is 0.466 e. The van der Waals surface area contributed by atoms with Crippen LogP contribution >= 0.6 is 0 Å². The maximum atomic E-state index is 12.5. The number of rotatable bonds is 65. The summed E-state index contributed by atoms with van der Waals surface area (Å²) in [5.41, 5.74) is 0. The van der Waals surface area contributed by atoms with Crippen molar-refractivity contribution in [3.8, 4) is 0 Å². The van der Waals surface area contributed by atoms with Crippen LogP contribution in [0, 0.1) is 0 Å². The summed E-state index contributed by atoms with van der Waals surface area (Å²) in [5.74, 6) is -0.00580. The van der Waals surface area contributed by atoms with E-state index in [4.69, 9.17) is 4.74 Å². The molecule has 74 heavy (non-hydrogen) atoms. The molecule has 0 aromatic rings. The highest BCUT2D eigenvalue weighted by Crippen LogP contribution is 2.19. The van der Waals surface area contributed by atoms with E-state index in [-0.39, 0.29) is 18.5 Å². The van der Waals surface area contributed by atoms with Crippen molar-refractivity contribution >= 4 is 11.9 Å². The monoisotopic (exact) mass is 1050 g/mol. The van der Waals surface area contributed by atoms with Crippen molar-refractivity contribution < 1.29 is 24.5 Å². The first-order valence-electron chi connectivity index (χ1n) is 34.3. The minimum Gasteiger partial charge on any atom is -0.466 e. The van der Waals surface area contributed by atoms with Gasteiger partial charge in [-0.1, -0.05) is 361 Å². The number of aliphatic hydroxyl groups is 2. The Labute approximate surface area is 464 Å². The number of hydrogen-bond donors (Lipinski definition) is 3. The van der Waals surface area contributed by atoms with E-state index in [0.29, 0.717) is 25.9 Å². The van der Waals surface area contributed by atoms with Gasteiger partial charge in [0, 0.05) is 12.8 Å². The van der Waals surface area contributed by atoms with Crippen molar-refractivity contribution in [3.63, 3.8) is 0 Å². The minimum atomic E-state index is -0.660. The van der Waals surface area contributed by atoms with Crippen molar-refractivity contribution in [1.29, 1.82) is 0 Å². The molecule has 3 N–H and O–H groups in total. The van der Waals surface area contributed by atoms with E-state index < -0.39 is 12.1 Å². The first kappa shape index (κ1) is 72.9. The Kier molecular flexibility index (Phi) is 63.4. The van der Waals surface area contributed by atoms with Gasteiger partial charge in [0.15, 0.2) is 0 Å². The number of ether oxygens (including phenoxy) is 1. The molecule has 0 bridgehead atoms. The number of aliphatic hydroxyl groups excluding tert-OH is 2. The lowest BCUT2D eigenvalue weighted by Gasteiger charge is -2.22. The quantitative estimate of drug-likeness (QED) is 0.0417. The predicted molar refractivity (Wildman–Crippen MR) is 324 cm³/mol. The Balaban J connectivity index is 3.31. The first-order chi connectivity index (χ1) is 36.5. The summed E-state index contributed by atoms with van der Waals surface area (Å²) in [7, 11) is 0.